The van der Waals surface area contributed by atoms with Gasteiger partial charge in [-0.2, -0.15) is 0 Å². The second kappa shape index (κ2) is 1.48. The quantitative estimate of drug-likeness (QED) is 0.508. The number of nitrogens with two attached hydrogens (primary N) is 1. The minimum absolute atomic E-state index is 0.459. The number of rotatable bonds is 0. The zero-order chi connectivity index (χ0) is 6.32. The van der Waals surface area contributed by atoms with E-state index in [1.165, 1.54) is 12.8 Å². The molecule has 1 heterocycles. The van der Waals surface area contributed by atoms with E-state index in [9.17, 15) is 0 Å². The third-order valence-corrected chi connectivity index (χ3v) is 2.52. The van der Waals surface area contributed by atoms with Crippen molar-refractivity contribution in [2.24, 2.45) is 11.1 Å². The highest BCUT2D eigenvalue weighted by molar-refractivity contribution is 5.15. The van der Waals surface area contributed by atoms with Crippen LogP contribution >= 0.6 is 0 Å². The summed E-state index contributed by atoms with van der Waals surface area (Å²) in [6.07, 6.45) is 3.41. The Morgan fingerprint density at radius 1 is 1.67 bits per heavy atom. The molecule has 0 saturated heterocycles. The zero-order valence-corrected chi connectivity index (χ0v) is 5.43. The molecular weight excluding hydrogens is 112 g/mol. The van der Waals surface area contributed by atoms with E-state index in [1.54, 1.807) is 0 Å². The summed E-state index contributed by atoms with van der Waals surface area (Å²) in [5.74, 6) is 0. The molecule has 1 spiro atoms. The molecule has 0 aromatic rings. The lowest BCUT2D eigenvalue weighted by atomic mass is 9.96. The Bertz CT molecular complexity index is 189. The second-order valence-corrected chi connectivity index (χ2v) is 3.14. The normalized spacial score (nSPS) is 46.1. The monoisotopic (exact) mass is 123 g/mol. The summed E-state index contributed by atoms with van der Waals surface area (Å²) in [5.41, 5.74) is 6.21. The molecule has 0 radical (unpaired) electrons. The number of hydrogen-bond acceptors (Lipinski definition) is 1. The summed E-state index contributed by atoms with van der Waals surface area (Å²) in [4.78, 5) is 4.04. The third-order valence-electron chi connectivity index (χ3n) is 2.52. The molecular formula is C7H11N2+. The molecule has 1 aliphatic carbocycles. The fourth-order valence-electron chi connectivity index (χ4n) is 1.53. The molecule has 48 valence electrons. The van der Waals surface area contributed by atoms with Gasteiger partial charge in [0.1, 0.15) is 0 Å². The van der Waals surface area contributed by atoms with Gasteiger partial charge in [0.05, 0.1) is 6.42 Å². The SMILES string of the molecule is NC1CC12CC#[N+]CC2. The van der Waals surface area contributed by atoms with Crippen molar-refractivity contribution >= 4 is 0 Å². The van der Waals surface area contributed by atoms with E-state index in [1.807, 2.05) is 0 Å². The maximum atomic E-state index is 5.75. The second-order valence-electron chi connectivity index (χ2n) is 3.14. The molecule has 2 aliphatic rings. The molecule has 0 aromatic heterocycles. The van der Waals surface area contributed by atoms with Gasteiger partial charge in [-0.1, -0.05) is 4.85 Å². The van der Waals surface area contributed by atoms with Gasteiger partial charge in [0.25, 0.3) is 12.6 Å². The Morgan fingerprint density at radius 2 is 2.44 bits per heavy atom. The van der Waals surface area contributed by atoms with E-state index in [-0.39, 0.29) is 0 Å². The van der Waals surface area contributed by atoms with E-state index in [2.05, 4.69) is 10.9 Å². The van der Waals surface area contributed by atoms with Crippen molar-refractivity contribution in [1.29, 1.82) is 0 Å². The summed E-state index contributed by atoms with van der Waals surface area (Å²) in [6.45, 7) is 0.952. The topological polar surface area (TPSA) is 30.4 Å². The van der Waals surface area contributed by atoms with Crippen molar-refractivity contribution in [3.8, 4) is 6.07 Å². The van der Waals surface area contributed by atoms with E-state index < -0.39 is 0 Å². The van der Waals surface area contributed by atoms with Crippen LogP contribution < -0.4 is 5.73 Å². The van der Waals surface area contributed by atoms with Crippen LogP contribution in [0.2, 0.25) is 0 Å². The zero-order valence-electron chi connectivity index (χ0n) is 5.43. The van der Waals surface area contributed by atoms with Crippen LogP contribution in [0.25, 0.3) is 4.85 Å². The molecule has 0 aromatic carbocycles. The molecule has 1 saturated carbocycles. The van der Waals surface area contributed by atoms with Crippen LogP contribution in [-0.4, -0.2) is 12.6 Å². The molecule has 2 atom stereocenters. The van der Waals surface area contributed by atoms with Gasteiger partial charge in [0.15, 0.2) is 0 Å². The highest BCUT2D eigenvalue weighted by Gasteiger charge is 2.54. The summed E-state index contributed by atoms with van der Waals surface area (Å²) in [6, 6.07) is 3.47. The summed E-state index contributed by atoms with van der Waals surface area (Å²) in [5, 5.41) is 0. The van der Waals surface area contributed by atoms with Crippen LogP contribution in [0.4, 0.5) is 0 Å². The summed E-state index contributed by atoms with van der Waals surface area (Å²) >= 11 is 0. The first-order chi connectivity index (χ1) is 4.33. The summed E-state index contributed by atoms with van der Waals surface area (Å²) < 4.78 is 0. The Hall–Kier alpha value is -0.550. The van der Waals surface area contributed by atoms with Crippen molar-refractivity contribution < 1.29 is 0 Å². The van der Waals surface area contributed by atoms with E-state index >= 15 is 0 Å². The van der Waals surface area contributed by atoms with E-state index in [0.717, 1.165) is 13.0 Å². The van der Waals surface area contributed by atoms with Gasteiger partial charge < -0.3 is 5.73 Å². The Labute approximate surface area is 54.9 Å². The average Bonchev–Trinajstić information content (AvgIpc) is 2.44. The van der Waals surface area contributed by atoms with Crippen molar-refractivity contribution in [3.63, 3.8) is 0 Å². The van der Waals surface area contributed by atoms with Gasteiger partial charge in [-0.15, -0.1) is 0 Å². The Kier molecular flexibility index (Phi) is 0.866. The fourth-order valence-corrected chi connectivity index (χ4v) is 1.53. The first-order valence-electron chi connectivity index (χ1n) is 3.48. The first-order valence-corrected chi connectivity index (χ1v) is 3.48. The van der Waals surface area contributed by atoms with Crippen LogP contribution in [0.3, 0.4) is 0 Å². The largest absolute Gasteiger partial charge is 0.327 e. The highest BCUT2D eigenvalue weighted by Crippen LogP contribution is 2.51. The molecule has 1 aliphatic heterocycles. The van der Waals surface area contributed by atoms with Crippen molar-refractivity contribution in [2.75, 3.05) is 6.54 Å². The Balaban J connectivity index is 2.11. The van der Waals surface area contributed by atoms with Crippen LogP contribution in [0.5, 0.6) is 0 Å². The van der Waals surface area contributed by atoms with Gasteiger partial charge in [0, 0.05) is 17.9 Å². The van der Waals surface area contributed by atoms with Crippen molar-refractivity contribution in [3.05, 3.63) is 4.85 Å². The smallest absolute Gasteiger partial charge is 0.273 e. The van der Waals surface area contributed by atoms with Gasteiger partial charge in [-0.05, 0) is 6.42 Å². The Morgan fingerprint density at radius 3 is 2.78 bits per heavy atom. The predicted octanol–water partition coefficient (Wildman–Crippen LogP) is 0.831. The van der Waals surface area contributed by atoms with E-state index in [0.29, 0.717) is 11.5 Å². The molecule has 0 bridgehead atoms. The van der Waals surface area contributed by atoms with Crippen LogP contribution in [0.1, 0.15) is 19.3 Å². The average molecular weight is 123 g/mol. The molecule has 2 rings (SSSR count). The minimum Gasteiger partial charge on any atom is -0.327 e. The summed E-state index contributed by atoms with van der Waals surface area (Å²) in [7, 11) is 0. The highest BCUT2D eigenvalue weighted by atomic mass is 14.8. The van der Waals surface area contributed by atoms with Crippen molar-refractivity contribution in [2.45, 2.75) is 25.3 Å². The lowest BCUT2D eigenvalue weighted by molar-refractivity contribution is 0.469. The number of hydrogen-bond donors (Lipinski definition) is 1. The van der Waals surface area contributed by atoms with Crippen LogP contribution in [-0.2, 0) is 0 Å². The first kappa shape index (κ1) is 5.25. The van der Waals surface area contributed by atoms with Gasteiger partial charge in [-0.3, -0.25) is 0 Å². The lowest BCUT2D eigenvalue weighted by Crippen LogP contribution is -2.16. The van der Waals surface area contributed by atoms with Crippen LogP contribution in [0, 0.1) is 11.5 Å². The molecule has 9 heavy (non-hydrogen) atoms. The van der Waals surface area contributed by atoms with E-state index in [4.69, 9.17) is 5.73 Å². The molecule has 0 amide bonds. The molecule has 2 heteroatoms. The lowest BCUT2D eigenvalue weighted by Gasteiger charge is -2.06. The molecule has 1 fully saturated rings. The molecule has 2 nitrogen and oxygen atoms in total. The van der Waals surface area contributed by atoms with Crippen molar-refractivity contribution in [1.82, 2.24) is 0 Å². The van der Waals surface area contributed by atoms with Gasteiger partial charge in [0.2, 0.25) is 0 Å². The molecule has 2 N–H and O–H groups in total. The standard InChI is InChI=1S/C7H11N2/c8-6-5-7(6)1-3-9-4-2-7/h6H,1-3,5,8H2/q+1. The maximum absolute atomic E-state index is 5.75. The minimum atomic E-state index is 0.459. The maximum Gasteiger partial charge on any atom is 0.273 e. The van der Waals surface area contributed by atoms with Crippen LogP contribution in [0.15, 0.2) is 0 Å². The third kappa shape index (κ3) is 0.650. The van der Waals surface area contributed by atoms with Gasteiger partial charge in [-0.25, -0.2) is 0 Å². The van der Waals surface area contributed by atoms with Gasteiger partial charge >= 0.3 is 0 Å². The fraction of sp³-hybridized carbons (Fsp3) is 0.857. The number of nitrogens with zero attached hydrogens (tertiary/aromatic N) is 1. The molecule has 2 unspecified atom stereocenters. The predicted molar refractivity (Wildman–Crippen MR) is 36.4 cm³/mol.